The van der Waals surface area contributed by atoms with E-state index in [0.717, 1.165) is 12.8 Å². The Hall–Kier alpha value is -2.99. The van der Waals surface area contributed by atoms with Gasteiger partial charge in [-0.25, -0.2) is 9.59 Å². The predicted octanol–water partition coefficient (Wildman–Crippen LogP) is 1.93. The molecule has 168 valence electrons. The Labute approximate surface area is 183 Å². The van der Waals surface area contributed by atoms with Crippen LogP contribution in [0.15, 0.2) is 24.3 Å². The van der Waals surface area contributed by atoms with Gasteiger partial charge < -0.3 is 25.0 Å². The number of carbonyl (C=O) groups excluding carboxylic acids is 2. The highest BCUT2D eigenvalue weighted by atomic mass is 16.5. The highest BCUT2D eigenvalue weighted by molar-refractivity contribution is 5.74. The highest BCUT2D eigenvalue weighted by Crippen LogP contribution is 2.30. The molecule has 0 radical (unpaired) electrons. The van der Waals surface area contributed by atoms with Crippen LogP contribution in [0.25, 0.3) is 0 Å². The molecular formula is C22H31N5O4. The van der Waals surface area contributed by atoms with Gasteiger partial charge >= 0.3 is 12.1 Å². The molecule has 0 spiro atoms. The van der Waals surface area contributed by atoms with Crippen LogP contribution < -0.4 is 15.4 Å². The number of nitrogens with zero attached hydrogens (tertiary/aromatic N) is 3. The Balaban J connectivity index is 1.61. The van der Waals surface area contributed by atoms with Crippen molar-refractivity contribution in [2.45, 2.75) is 50.9 Å². The number of amides is 3. The average Bonchev–Trinajstić information content (AvgIpc) is 2.97. The van der Waals surface area contributed by atoms with Crippen molar-refractivity contribution < 1.29 is 19.1 Å². The van der Waals surface area contributed by atoms with Gasteiger partial charge in [0.15, 0.2) is 0 Å². The van der Waals surface area contributed by atoms with Crippen molar-refractivity contribution in [3.8, 4) is 11.8 Å². The van der Waals surface area contributed by atoms with Gasteiger partial charge in [0.25, 0.3) is 0 Å². The molecule has 0 aliphatic carbocycles. The van der Waals surface area contributed by atoms with E-state index in [2.05, 4.69) is 21.6 Å². The van der Waals surface area contributed by atoms with Gasteiger partial charge in [0.2, 0.25) is 0 Å². The molecule has 3 amide bonds. The van der Waals surface area contributed by atoms with E-state index in [4.69, 9.17) is 14.7 Å². The molecular weight excluding hydrogens is 398 g/mol. The topological polar surface area (TPSA) is 107 Å². The first kappa shape index (κ1) is 22.7. The lowest BCUT2D eigenvalue weighted by Gasteiger charge is -2.42. The molecule has 2 heterocycles. The minimum absolute atomic E-state index is 0.0139. The second-order valence-corrected chi connectivity index (χ2v) is 8.37. The third-order valence-electron chi connectivity index (χ3n) is 5.71. The van der Waals surface area contributed by atoms with E-state index >= 15 is 0 Å². The lowest BCUT2D eigenvalue weighted by Crippen LogP contribution is -2.60. The van der Waals surface area contributed by atoms with Crippen LogP contribution in [-0.4, -0.2) is 79.4 Å². The van der Waals surface area contributed by atoms with Crippen LogP contribution in [-0.2, 0) is 4.74 Å². The minimum Gasteiger partial charge on any atom is -0.491 e. The number of hydrogen-bond donors (Lipinski definition) is 2. The van der Waals surface area contributed by atoms with E-state index in [-0.39, 0.29) is 36.8 Å². The second kappa shape index (κ2) is 10.4. The smallest absolute Gasteiger partial charge is 0.407 e. The summed E-state index contributed by atoms with van der Waals surface area (Å²) >= 11 is 0. The number of nitrogens with one attached hydrogen (secondary N) is 2. The molecule has 31 heavy (non-hydrogen) atoms. The predicted molar refractivity (Wildman–Crippen MR) is 115 cm³/mol. The zero-order valence-electron chi connectivity index (χ0n) is 18.3. The molecule has 1 aromatic carbocycles. The zero-order valence-corrected chi connectivity index (χ0v) is 18.3. The van der Waals surface area contributed by atoms with Gasteiger partial charge in [0, 0.05) is 37.8 Å². The fraction of sp³-hybridized carbons (Fsp3) is 0.591. The van der Waals surface area contributed by atoms with Gasteiger partial charge in [-0.15, -0.1) is 0 Å². The molecule has 2 aliphatic heterocycles. The number of benzene rings is 1. The summed E-state index contributed by atoms with van der Waals surface area (Å²) in [5, 5.41) is 14.8. The SMILES string of the molecule is COC(=O)N[C@H](COc1ccc(C#N)cc1)CN1C2CCC1CN(C(=O)NC(C)C)C2. The van der Waals surface area contributed by atoms with E-state index in [9.17, 15) is 9.59 Å². The summed E-state index contributed by atoms with van der Waals surface area (Å²) in [6, 6.07) is 9.28. The van der Waals surface area contributed by atoms with Crippen LogP contribution in [0.3, 0.4) is 0 Å². The Morgan fingerprint density at radius 1 is 1.16 bits per heavy atom. The summed E-state index contributed by atoms with van der Waals surface area (Å²) in [5.74, 6) is 0.633. The van der Waals surface area contributed by atoms with Crippen molar-refractivity contribution in [2.75, 3.05) is 33.4 Å². The van der Waals surface area contributed by atoms with Crippen molar-refractivity contribution in [1.29, 1.82) is 5.26 Å². The van der Waals surface area contributed by atoms with Gasteiger partial charge in [-0.3, -0.25) is 4.90 Å². The lowest BCUT2D eigenvalue weighted by atomic mass is 10.1. The lowest BCUT2D eigenvalue weighted by molar-refractivity contribution is 0.0665. The van der Waals surface area contributed by atoms with Gasteiger partial charge in [-0.05, 0) is 51.0 Å². The first-order valence-electron chi connectivity index (χ1n) is 10.7. The summed E-state index contributed by atoms with van der Waals surface area (Å²) in [6.45, 7) is 6.15. The molecule has 2 aliphatic rings. The quantitative estimate of drug-likeness (QED) is 0.686. The molecule has 3 atom stereocenters. The van der Waals surface area contributed by atoms with Crippen LogP contribution in [0.1, 0.15) is 32.3 Å². The maximum absolute atomic E-state index is 12.4. The normalized spacial score (nSPS) is 21.3. The monoisotopic (exact) mass is 429 g/mol. The first-order chi connectivity index (χ1) is 14.9. The molecule has 2 bridgehead atoms. The number of likely N-dealkylation sites (tertiary alicyclic amines) is 1. The van der Waals surface area contributed by atoms with Gasteiger partial charge in [-0.1, -0.05) is 0 Å². The summed E-state index contributed by atoms with van der Waals surface area (Å²) in [4.78, 5) is 28.6. The van der Waals surface area contributed by atoms with Gasteiger partial charge in [-0.2, -0.15) is 5.26 Å². The molecule has 2 saturated heterocycles. The molecule has 1 aromatic rings. The standard InChI is InChI=1S/C22H31N5O4/c1-15(2)24-21(28)26-12-18-6-7-19(13-26)27(18)11-17(25-22(29)30-3)14-31-20-8-4-16(10-23)5-9-20/h4-5,8-9,15,17-19H,6-7,11-14H2,1-3H3,(H,24,28)(H,25,29)/t17-,18?,19?/m0/s1. The number of fused-ring (bicyclic) bond motifs is 2. The number of hydrogen-bond acceptors (Lipinski definition) is 6. The minimum atomic E-state index is -0.504. The largest absolute Gasteiger partial charge is 0.491 e. The maximum Gasteiger partial charge on any atom is 0.407 e. The number of rotatable bonds is 7. The highest BCUT2D eigenvalue weighted by Gasteiger charge is 2.42. The van der Waals surface area contributed by atoms with Crippen LogP contribution in [0.5, 0.6) is 5.75 Å². The van der Waals surface area contributed by atoms with Crippen molar-refractivity contribution >= 4 is 12.1 Å². The second-order valence-electron chi connectivity index (χ2n) is 8.37. The number of carbonyl (C=O) groups is 2. The number of ether oxygens (including phenoxy) is 2. The third kappa shape index (κ3) is 6.01. The average molecular weight is 430 g/mol. The zero-order chi connectivity index (χ0) is 22.4. The molecule has 2 unspecified atom stereocenters. The number of nitriles is 1. The Morgan fingerprint density at radius 2 is 1.81 bits per heavy atom. The number of urea groups is 1. The summed E-state index contributed by atoms with van der Waals surface area (Å²) < 4.78 is 10.7. The van der Waals surface area contributed by atoms with Crippen molar-refractivity contribution in [2.24, 2.45) is 0 Å². The molecule has 2 N–H and O–H groups in total. The Morgan fingerprint density at radius 3 is 2.35 bits per heavy atom. The van der Waals surface area contributed by atoms with Crippen LogP contribution in [0.2, 0.25) is 0 Å². The third-order valence-corrected chi connectivity index (χ3v) is 5.71. The van der Waals surface area contributed by atoms with Crippen LogP contribution in [0, 0.1) is 11.3 Å². The number of methoxy groups -OCH3 is 1. The summed E-state index contributed by atoms with van der Waals surface area (Å²) in [5.41, 5.74) is 0.563. The fourth-order valence-electron chi connectivity index (χ4n) is 4.24. The molecule has 0 saturated carbocycles. The van der Waals surface area contributed by atoms with E-state index in [1.165, 1.54) is 7.11 Å². The Kier molecular flexibility index (Phi) is 7.58. The molecule has 3 rings (SSSR count). The molecule has 9 heteroatoms. The summed E-state index contributed by atoms with van der Waals surface area (Å²) in [6.07, 6.45) is 1.55. The van der Waals surface area contributed by atoms with Crippen molar-refractivity contribution in [3.63, 3.8) is 0 Å². The van der Waals surface area contributed by atoms with Gasteiger partial charge in [0.1, 0.15) is 12.4 Å². The summed E-state index contributed by atoms with van der Waals surface area (Å²) in [7, 11) is 1.34. The van der Waals surface area contributed by atoms with E-state index in [1.807, 2.05) is 18.7 Å². The number of alkyl carbamates (subject to hydrolysis) is 1. The van der Waals surface area contributed by atoms with Crippen LogP contribution in [0.4, 0.5) is 9.59 Å². The van der Waals surface area contributed by atoms with Crippen molar-refractivity contribution in [1.82, 2.24) is 20.4 Å². The van der Waals surface area contributed by atoms with E-state index < -0.39 is 6.09 Å². The van der Waals surface area contributed by atoms with E-state index in [1.54, 1.807) is 24.3 Å². The molecule has 0 aromatic heterocycles. The van der Waals surface area contributed by atoms with Crippen molar-refractivity contribution in [3.05, 3.63) is 29.8 Å². The van der Waals surface area contributed by atoms with E-state index in [0.29, 0.717) is 30.9 Å². The molecule has 9 nitrogen and oxygen atoms in total. The first-order valence-corrected chi connectivity index (χ1v) is 10.7. The fourth-order valence-corrected chi connectivity index (χ4v) is 4.24. The molecule has 2 fully saturated rings. The van der Waals surface area contributed by atoms with Gasteiger partial charge in [0.05, 0.1) is 24.8 Å². The maximum atomic E-state index is 12.4. The van der Waals surface area contributed by atoms with Crippen LogP contribution >= 0.6 is 0 Å². The number of piperazine rings is 1. The Bertz CT molecular complexity index is 793.